The molecule has 1 saturated heterocycles. The van der Waals surface area contributed by atoms with E-state index >= 15 is 0 Å². The molecule has 0 radical (unpaired) electrons. The van der Waals surface area contributed by atoms with Crippen molar-refractivity contribution in [3.05, 3.63) is 35.5 Å². The largest absolute Gasteiger partial charge is 0.390 e. The zero-order chi connectivity index (χ0) is 19.1. The van der Waals surface area contributed by atoms with Gasteiger partial charge in [-0.05, 0) is 64.7 Å². The van der Waals surface area contributed by atoms with Crippen LogP contribution >= 0.6 is 0 Å². The van der Waals surface area contributed by atoms with E-state index in [2.05, 4.69) is 0 Å². The van der Waals surface area contributed by atoms with Crippen LogP contribution in [0.3, 0.4) is 0 Å². The van der Waals surface area contributed by atoms with Crippen molar-refractivity contribution in [3.63, 3.8) is 0 Å². The van der Waals surface area contributed by atoms with Gasteiger partial charge in [-0.1, -0.05) is 11.6 Å². The lowest BCUT2D eigenvalue weighted by Crippen LogP contribution is -2.62. The average molecular weight is 356 g/mol. The number of rotatable bonds is 1. The number of aliphatic hydroxyl groups is 1. The molecular formula is C21H24O5. The number of ether oxygens (including phenoxy) is 1. The molecule has 4 rings (SSSR count). The number of ketones is 3. The van der Waals surface area contributed by atoms with E-state index in [1.54, 1.807) is 26.0 Å². The van der Waals surface area contributed by atoms with Gasteiger partial charge in [-0.3, -0.25) is 14.4 Å². The minimum absolute atomic E-state index is 0.173. The second-order valence-electron chi connectivity index (χ2n) is 8.70. The van der Waals surface area contributed by atoms with Crippen molar-refractivity contribution in [2.24, 2.45) is 17.3 Å². The minimum atomic E-state index is -1.58. The number of fused-ring (bicyclic) bond motifs is 2. The number of allylic oxidation sites excluding steroid dienone is 2. The van der Waals surface area contributed by atoms with E-state index in [1.807, 2.05) is 13.8 Å². The molecule has 6 atom stereocenters. The first-order valence-electron chi connectivity index (χ1n) is 9.14. The smallest absolute Gasteiger partial charge is 0.193 e. The predicted molar refractivity (Wildman–Crippen MR) is 94.2 cm³/mol. The number of carbonyl (C=O) groups is 3. The lowest BCUT2D eigenvalue weighted by molar-refractivity contribution is -0.153. The molecule has 26 heavy (non-hydrogen) atoms. The van der Waals surface area contributed by atoms with Gasteiger partial charge in [0.1, 0.15) is 6.10 Å². The van der Waals surface area contributed by atoms with E-state index in [-0.39, 0.29) is 34.8 Å². The first-order chi connectivity index (χ1) is 12.1. The standard InChI is InChI=1S/C21H24O5/c1-11(2)9-16-18(24)20(4)12-7-8-19(3,25)13(12)10-14-15(22)5-6-17(23)21(14,20)26-16/h5-6,9-10,12-13,16,25H,7-8H2,1-4H3. The van der Waals surface area contributed by atoms with Crippen LogP contribution in [0.15, 0.2) is 35.5 Å². The van der Waals surface area contributed by atoms with Crippen LogP contribution in [0.1, 0.15) is 40.5 Å². The van der Waals surface area contributed by atoms with Gasteiger partial charge in [-0.2, -0.15) is 0 Å². The summed E-state index contributed by atoms with van der Waals surface area (Å²) in [7, 11) is 0. The molecule has 1 saturated carbocycles. The van der Waals surface area contributed by atoms with E-state index in [1.165, 1.54) is 12.2 Å². The number of Topliss-reactive ketones (excluding diaryl/α,β-unsaturated/α-hetero) is 1. The van der Waals surface area contributed by atoms with Gasteiger partial charge in [0.05, 0.1) is 11.0 Å². The molecule has 4 aliphatic rings. The molecule has 5 nitrogen and oxygen atoms in total. The summed E-state index contributed by atoms with van der Waals surface area (Å²) < 4.78 is 6.14. The van der Waals surface area contributed by atoms with Crippen LogP contribution < -0.4 is 0 Å². The van der Waals surface area contributed by atoms with Crippen LogP contribution in [0.4, 0.5) is 0 Å². The van der Waals surface area contributed by atoms with Crippen LogP contribution in [0.25, 0.3) is 0 Å². The highest BCUT2D eigenvalue weighted by Gasteiger charge is 2.75. The highest BCUT2D eigenvalue weighted by molar-refractivity contribution is 6.23. The Morgan fingerprint density at radius 2 is 1.92 bits per heavy atom. The Labute approximate surface area is 152 Å². The fraction of sp³-hybridized carbons (Fsp3) is 0.571. The third-order valence-electron chi connectivity index (χ3n) is 6.87. The highest BCUT2D eigenvalue weighted by atomic mass is 16.5. The molecule has 0 aromatic carbocycles. The van der Waals surface area contributed by atoms with E-state index in [0.717, 1.165) is 5.57 Å². The second-order valence-corrected chi connectivity index (χ2v) is 8.70. The van der Waals surface area contributed by atoms with Crippen molar-refractivity contribution in [2.45, 2.75) is 57.8 Å². The third kappa shape index (κ3) is 1.85. The summed E-state index contributed by atoms with van der Waals surface area (Å²) in [5, 5.41) is 10.8. The summed E-state index contributed by atoms with van der Waals surface area (Å²) in [5.41, 5.74) is -2.63. The monoisotopic (exact) mass is 356 g/mol. The highest BCUT2D eigenvalue weighted by Crippen LogP contribution is 2.64. The molecule has 1 aliphatic heterocycles. The molecule has 1 spiro atoms. The van der Waals surface area contributed by atoms with Gasteiger partial charge < -0.3 is 9.84 Å². The van der Waals surface area contributed by atoms with Gasteiger partial charge in [-0.25, -0.2) is 0 Å². The zero-order valence-electron chi connectivity index (χ0n) is 15.5. The Kier molecular flexibility index (Phi) is 3.45. The molecule has 0 aromatic heterocycles. The first kappa shape index (κ1) is 17.6. The Morgan fingerprint density at radius 3 is 2.58 bits per heavy atom. The molecular weight excluding hydrogens is 332 g/mol. The van der Waals surface area contributed by atoms with Crippen LogP contribution in [-0.4, -0.2) is 39.8 Å². The van der Waals surface area contributed by atoms with Crippen LogP contribution in [0, 0.1) is 17.3 Å². The van der Waals surface area contributed by atoms with Gasteiger partial charge in [-0.15, -0.1) is 0 Å². The van der Waals surface area contributed by atoms with Gasteiger partial charge in [0.2, 0.25) is 0 Å². The maximum absolute atomic E-state index is 13.5. The topological polar surface area (TPSA) is 80.7 Å². The molecule has 6 unspecified atom stereocenters. The van der Waals surface area contributed by atoms with E-state index in [4.69, 9.17) is 4.74 Å². The SMILES string of the molecule is CC(C)=CC1OC23C(=O)C=CC(=O)C2=CC2C(CCC2(C)O)C3(C)C1=O. The molecule has 1 heterocycles. The Bertz CT molecular complexity index is 825. The molecule has 0 bridgehead atoms. The van der Waals surface area contributed by atoms with Crippen molar-refractivity contribution < 1.29 is 24.2 Å². The van der Waals surface area contributed by atoms with Crippen molar-refractivity contribution in [3.8, 4) is 0 Å². The fourth-order valence-corrected chi connectivity index (χ4v) is 5.56. The Hall–Kier alpha value is -1.85. The van der Waals surface area contributed by atoms with E-state index in [9.17, 15) is 19.5 Å². The van der Waals surface area contributed by atoms with Gasteiger partial charge in [0, 0.05) is 11.5 Å². The second kappa shape index (κ2) is 5.11. The average Bonchev–Trinajstić information content (AvgIpc) is 2.97. The number of hydrogen-bond acceptors (Lipinski definition) is 5. The number of hydrogen-bond donors (Lipinski definition) is 1. The Morgan fingerprint density at radius 1 is 1.23 bits per heavy atom. The van der Waals surface area contributed by atoms with Crippen molar-refractivity contribution >= 4 is 17.3 Å². The molecule has 5 heteroatoms. The normalized spacial score (nSPS) is 46.6. The Balaban J connectivity index is 2.01. The predicted octanol–water partition coefficient (Wildman–Crippen LogP) is 2.09. The van der Waals surface area contributed by atoms with E-state index < -0.39 is 22.7 Å². The summed E-state index contributed by atoms with van der Waals surface area (Å²) in [5.74, 6) is -1.44. The molecule has 1 N–H and O–H groups in total. The lowest BCUT2D eigenvalue weighted by Gasteiger charge is -2.50. The first-order valence-corrected chi connectivity index (χ1v) is 9.14. The van der Waals surface area contributed by atoms with Crippen LogP contribution in [-0.2, 0) is 19.1 Å². The van der Waals surface area contributed by atoms with Gasteiger partial charge >= 0.3 is 0 Å². The minimum Gasteiger partial charge on any atom is -0.390 e. The fourth-order valence-electron chi connectivity index (χ4n) is 5.56. The summed E-state index contributed by atoms with van der Waals surface area (Å²) >= 11 is 0. The van der Waals surface area contributed by atoms with Gasteiger partial charge in [0.15, 0.2) is 23.0 Å². The third-order valence-corrected chi connectivity index (χ3v) is 6.87. The lowest BCUT2D eigenvalue weighted by atomic mass is 9.51. The maximum atomic E-state index is 13.5. The molecule has 2 fully saturated rings. The summed E-state index contributed by atoms with van der Waals surface area (Å²) in [6.45, 7) is 7.23. The molecule has 3 aliphatic carbocycles. The van der Waals surface area contributed by atoms with Crippen LogP contribution in [0.5, 0.6) is 0 Å². The molecule has 0 aromatic rings. The summed E-state index contributed by atoms with van der Waals surface area (Å²) in [6, 6.07) is 0. The van der Waals surface area contributed by atoms with Crippen molar-refractivity contribution in [1.29, 1.82) is 0 Å². The summed E-state index contributed by atoms with van der Waals surface area (Å²) in [4.78, 5) is 39.2. The quantitative estimate of drug-likeness (QED) is 0.728. The van der Waals surface area contributed by atoms with Gasteiger partial charge in [0.25, 0.3) is 0 Å². The molecule has 0 amide bonds. The van der Waals surface area contributed by atoms with Crippen LogP contribution in [0.2, 0.25) is 0 Å². The van der Waals surface area contributed by atoms with Crippen molar-refractivity contribution in [2.75, 3.05) is 0 Å². The maximum Gasteiger partial charge on any atom is 0.193 e. The number of carbonyl (C=O) groups excluding carboxylic acids is 3. The zero-order valence-corrected chi connectivity index (χ0v) is 15.5. The van der Waals surface area contributed by atoms with Crippen molar-refractivity contribution in [1.82, 2.24) is 0 Å². The molecule has 138 valence electrons. The summed E-state index contributed by atoms with van der Waals surface area (Å²) in [6.07, 6.45) is 6.18. The van der Waals surface area contributed by atoms with E-state index in [0.29, 0.717) is 12.8 Å².